The summed E-state index contributed by atoms with van der Waals surface area (Å²) in [5.41, 5.74) is 0.601. The van der Waals surface area contributed by atoms with E-state index in [4.69, 9.17) is 10.00 Å². The summed E-state index contributed by atoms with van der Waals surface area (Å²) in [5.74, 6) is 0.598. The van der Waals surface area contributed by atoms with Gasteiger partial charge in [0.15, 0.2) is 0 Å². The second-order valence-corrected chi connectivity index (χ2v) is 3.77. The molecule has 0 bridgehead atoms. The first-order valence-electron chi connectivity index (χ1n) is 5.78. The van der Waals surface area contributed by atoms with Crippen LogP contribution in [0.1, 0.15) is 19.8 Å². The van der Waals surface area contributed by atoms with Gasteiger partial charge >= 0.3 is 6.03 Å². The zero-order valence-electron chi connectivity index (χ0n) is 10.6. The third-order valence-corrected chi connectivity index (χ3v) is 2.52. The van der Waals surface area contributed by atoms with Crippen LogP contribution < -0.4 is 15.4 Å². The summed E-state index contributed by atoms with van der Waals surface area (Å²) < 4.78 is 5.13. The number of ether oxygens (including phenoxy) is 1. The van der Waals surface area contributed by atoms with Crippen molar-refractivity contribution in [3.63, 3.8) is 0 Å². The molecule has 1 aromatic carbocycles. The maximum absolute atomic E-state index is 11.7. The summed E-state index contributed by atoms with van der Waals surface area (Å²) in [7, 11) is 1.54. The van der Waals surface area contributed by atoms with Crippen LogP contribution >= 0.6 is 0 Å². The van der Waals surface area contributed by atoms with Crippen LogP contribution in [0.15, 0.2) is 24.3 Å². The Morgan fingerprint density at radius 1 is 1.50 bits per heavy atom. The lowest BCUT2D eigenvalue weighted by molar-refractivity contribution is 0.248. The van der Waals surface area contributed by atoms with E-state index in [1.165, 1.54) is 0 Å². The molecule has 1 aromatic rings. The highest BCUT2D eigenvalue weighted by Crippen LogP contribution is 2.22. The minimum atomic E-state index is -0.332. The molecule has 18 heavy (non-hydrogen) atoms. The lowest BCUT2D eigenvalue weighted by Crippen LogP contribution is -2.37. The minimum absolute atomic E-state index is 0.135. The molecule has 0 spiro atoms. The van der Waals surface area contributed by atoms with E-state index >= 15 is 0 Å². The van der Waals surface area contributed by atoms with Crippen LogP contribution in [0.2, 0.25) is 0 Å². The molecule has 1 rings (SSSR count). The number of rotatable bonds is 5. The molecular weight excluding hydrogens is 230 g/mol. The molecule has 2 amide bonds. The number of urea groups is 1. The highest BCUT2D eigenvalue weighted by atomic mass is 16.5. The standard InChI is InChI=1S/C13H17N3O2/c1-3-10(8-9-14)15-13(17)16-11-6-4-5-7-12(11)18-2/h4-7,10H,3,8H2,1-2H3,(H2,15,16,17). The van der Waals surface area contributed by atoms with Crippen LogP contribution in [0.5, 0.6) is 5.75 Å². The van der Waals surface area contributed by atoms with Crippen molar-refractivity contribution in [3.05, 3.63) is 24.3 Å². The van der Waals surface area contributed by atoms with E-state index in [2.05, 4.69) is 10.6 Å². The van der Waals surface area contributed by atoms with Gasteiger partial charge in [-0.1, -0.05) is 19.1 Å². The van der Waals surface area contributed by atoms with Crippen molar-refractivity contribution in [2.45, 2.75) is 25.8 Å². The molecule has 0 aliphatic heterocycles. The predicted octanol–water partition coefficient (Wildman–Crippen LogP) is 2.51. The molecule has 1 unspecified atom stereocenters. The fourth-order valence-electron chi connectivity index (χ4n) is 1.50. The molecule has 1 atom stereocenters. The van der Waals surface area contributed by atoms with E-state index < -0.39 is 0 Å². The number of carbonyl (C=O) groups is 1. The average Bonchev–Trinajstić information content (AvgIpc) is 2.38. The number of carbonyl (C=O) groups excluding carboxylic acids is 1. The molecule has 96 valence electrons. The smallest absolute Gasteiger partial charge is 0.319 e. The maximum Gasteiger partial charge on any atom is 0.319 e. The lowest BCUT2D eigenvalue weighted by atomic mass is 10.2. The summed E-state index contributed by atoms with van der Waals surface area (Å²) in [6, 6.07) is 8.73. The highest BCUT2D eigenvalue weighted by Gasteiger charge is 2.11. The summed E-state index contributed by atoms with van der Waals surface area (Å²) >= 11 is 0. The first kappa shape index (κ1) is 13.8. The number of nitrogens with one attached hydrogen (secondary N) is 2. The van der Waals surface area contributed by atoms with Gasteiger partial charge in [0.25, 0.3) is 0 Å². The fourth-order valence-corrected chi connectivity index (χ4v) is 1.50. The van der Waals surface area contributed by atoms with Crippen molar-refractivity contribution >= 4 is 11.7 Å². The number of nitriles is 1. The number of amides is 2. The summed E-state index contributed by atoms with van der Waals surface area (Å²) in [5, 5.41) is 14.1. The van der Waals surface area contributed by atoms with E-state index in [-0.39, 0.29) is 12.1 Å². The van der Waals surface area contributed by atoms with E-state index in [0.29, 0.717) is 24.3 Å². The molecule has 0 fully saturated rings. The number of benzene rings is 1. The van der Waals surface area contributed by atoms with Gasteiger partial charge in [-0.3, -0.25) is 0 Å². The van der Waals surface area contributed by atoms with Gasteiger partial charge in [-0.15, -0.1) is 0 Å². The zero-order chi connectivity index (χ0) is 13.4. The van der Waals surface area contributed by atoms with Gasteiger partial charge in [-0.2, -0.15) is 5.26 Å². The van der Waals surface area contributed by atoms with E-state index in [9.17, 15) is 4.79 Å². The molecule has 2 N–H and O–H groups in total. The van der Waals surface area contributed by atoms with Crippen molar-refractivity contribution in [2.75, 3.05) is 12.4 Å². The molecule has 0 heterocycles. The SMILES string of the molecule is CCC(CC#N)NC(=O)Nc1ccccc1OC. The first-order chi connectivity index (χ1) is 8.71. The molecule has 0 aromatic heterocycles. The van der Waals surface area contributed by atoms with Crippen LogP contribution in [0.4, 0.5) is 10.5 Å². The Morgan fingerprint density at radius 3 is 2.83 bits per heavy atom. The molecule has 5 heteroatoms. The zero-order valence-corrected chi connectivity index (χ0v) is 10.6. The normalized spacial score (nSPS) is 11.2. The average molecular weight is 247 g/mol. The molecule has 0 saturated heterocycles. The van der Waals surface area contributed by atoms with Crippen molar-refractivity contribution in [3.8, 4) is 11.8 Å². The van der Waals surface area contributed by atoms with Gasteiger partial charge in [-0.05, 0) is 18.6 Å². The van der Waals surface area contributed by atoms with Crippen LogP contribution in [0, 0.1) is 11.3 Å². The molecule has 0 radical (unpaired) electrons. The largest absolute Gasteiger partial charge is 0.495 e. The first-order valence-corrected chi connectivity index (χ1v) is 5.78. The Kier molecular flexibility index (Phi) is 5.52. The van der Waals surface area contributed by atoms with Gasteiger partial charge in [0.1, 0.15) is 5.75 Å². The Labute approximate surface area is 107 Å². The summed E-state index contributed by atoms with van der Waals surface area (Å²) in [4.78, 5) is 11.7. The van der Waals surface area contributed by atoms with Gasteiger partial charge in [0.05, 0.1) is 25.3 Å². The number of para-hydroxylation sites is 2. The van der Waals surface area contributed by atoms with Gasteiger partial charge in [0.2, 0.25) is 0 Å². The third-order valence-electron chi connectivity index (χ3n) is 2.52. The van der Waals surface area contributed by atoms with Crippen molar-refractivity contribution in [1.29, 1.82) is 5.26 Å². The van der Waals surface area contributed by atoms with Crippen molar-refractivity contribution < 1.29 is 9.53 Å². The number of hydrogen-bond acceptors (Lipinski definition) is 3. The van der Waals surface area contributed by atoms with Crippen molar-refractivity contribution in [1.82, 2.24) is 5.32 Å². The summed E-state index contributed by atoms with van der Waals surface area (Å²) in [6.07, 6.45) is 1.02. The van der Waals surface area contributed by atoms with E-state index in [1.807, 2.05) is 25.1 Å². The predicted molar refractivity (Wildman–Crippen MR) is 69.5 cm³/mol. The quantitative estimate of drug-likeness (QED) is 0.839. The Balaban J connectivity index is 2.62. The molecule has 0 aliphatic carbocycles. The topological polar surface area (TPSA) is 74.2 Å². The van der Waals surface area contributed by atoms with Crippen LogP contribution in [0.3, 0.4) is 0 Å². The molecule has 0 saturated carbocycles. The van der Waals surface area contributed by atoms with Gasteiger partial charge < -0.3 is 15.4 Å². The van der Waals surface area contributed by atoms with E-state index in [1.54, 1.807) is 19.2 Å². The Bertz CT molecular complexity index is 440. The van der Waals surface area contributed by atoms with E-state index in [0.717, 1.165) is 0 Å². The summed E-state index contributed by atoms with van der Waals surface area (Å²) in [6.45, 7) is 1.92. The molecular formula is C13H17N3O2. The second kappa shape index (κ2) is 7.17. The lowest BCUT2D eigenvalue weighted by Gasteiger charge is -2.15. The Hall–Kier alpha value is -2.22. The van der Waals surface area contributed by atoms with Crippen LogP contribution in [0.25, 0.3) is 0 Å². The number of methoxy groups -OCH3 is 1. The highest BCUT2D eigenvalue weighted by molar-refractivity contribution is 5.91. The van der Waals surface area contributed by atoms with Crippen LogP contribution in [-0.4, -0.2) is 19.2 Å². The number of anilines is 1. The molecule has 5 nitrogen and oxygen atoms in total. The maximum atomic E-state index is 11.7. The number of nitrogens with zero attached hydrogens (tertiary/aromatic N) is 1. The van der Waals surface area contributed by atoms with Gasteiger partial charge in [-0.25, -0.2) is 4.79 Å². The Morgan fingerprint density at radius 2 is 2.22 bits per heavy atom. The van der Waals surface area contributed by atoms with Gasteiger partial charge in [0, 0.05) is 6.04 Å². The van der Waals surface area contributed by atoms with Crippen molar-refractivity contribution in [2.24, 2.45) is 0 Å². The van der Waals surface area contributed by atoms with Crippen LogP contribution in [-0.2, 0) is 0 Å². The third kappa shape index (κ3) is 3.98. The second-order valence-electron chi connectivity index (χ2n) is 3.77. The minimum Gasteiger partial charge on any atom is -0.495 e. The monoisotopic (exact) mass is 247 g/mol. The number of hydrogen-bond donors (Lipinski definition) is 2. The molecule has 0 aliphatic rings. The fraction of sp³-hybridized carbons (Fsp3) is 0.385.